The van der Waals surface area contributed by atoms with Crippen LogP contribution in [0.25, 0.3) is 0 Å². The molecule has 0 aliphatic carbocycles. The molecule has 0 fully saturated rings. The first-order valence-electron chi connectivity index (χ1n) is 0.756. The Labute approximate surface area is 56.8 Å². The van der Waals surface area contributed by atoms with Gasteiger partial charge in [0.1, 0.15) is 0 Å². The summed E-state index contributed by atoms with van der Waals surface area (Å²) in [7, 11) is 0. The van der Waals surface area contributed by atoms with E-state index in [-0.39, 0.29) is 25.9 Å². The van der Waals surface area contributed by atoms with Crippen LogP contribution >= 0.6 is 11.6 Å². The van der Waals surface area contributed by atoms with E-state index < -0.39 is 5.64 Å². The van der Waals surface area contributed by atoms with Crippen LogP contribution in [0.15, 0.2) is 0 Å². The molecule has 0 rings (SSSR count). The largest absolute Gasteiger partial charge is 2.00 e. The van der Waals surface area contributed by atoms with Crippen molar-refractivity contribution in [3.05, 3.63) is 0 Å². The molecular formula is CH2ClF3Mg. The summed E-state index contributed by atoms with van der Waals surface area (Å²) in [5.74, 6) is 0. The van der Waals surface area contributed by atoms with E-state index in [9.17, 15) is 13.2 Å². The second kappa shape index (κ2) is 2.93. The third kappa shape index (κ3) is 100. The minimum absolute atomic E-state index is 0. The molecule has 0 bridgehead atoms. The first-order valence-corrected chi connectivity index (χ1v) is 1.13. The molecule has 0 saturated carbocycles. The molecule has 0 saturated heterocycles. The summed E-state index contributed by atoms with van der Waals surface area (Å²) in [4.78, 5) is 0. The van der Waals surface area contributed by atoms with Crippen LogP contribution in [0.4, 0.5) is 13.2 Å². The summed E-state index contributed by atoms with van der Waals surface area (Å²) in [5.41, 5.74) is -4.53. The normalized spacial score (nSPS) is 10.0. The Morgan fingerprint density at radius 3 is 1.33 bits per heavy atom. The van der Waals surface area contributed by atoms with Gasteiger partial charge in [0.25, 0.3) is 0 Å². The quantitative estimate of drug-likeness (QED) is 0.345. The maximum atomic E-state index is 10.1. The van der Waals surface area contributed by atoms with Gasteiger partial charge in [-0.25, -0.2) is 0 Å². The fraction of sp³-hybridized carbons (Fsp3) is 1.00. The molecule has 0 aromatic heterocycles. The van der Waals surface area contributed by atoms with Crippen molar-refractivity contribution in [3.63, 3.8) is 0 Å². The van der Waals surface area contributed by atoms with E-state index >= 15 is 0 Å². The molecule has 0 aliphatic rings. The zero-order valence-corrected chi connectivity index (χ0v) is 4.89. The Bertz CT molecular complexity index is 32.8. The van der Waals surface area contributed by atoms with Crippen LogP contribution in [-0.4, -0.2) is 28.7 Å². The van der Waals surface area contributed by atoms with Crippen LogP contribution in [-0.2, 0) is 0 Å². The van der Waals surface area contributed by atoms with E-state index in [0.29, 0.717) is 0 Å². The van der Waals surface area contributed by atoms with Crippen molar-refractivity contribution in [1.29, 1.82) is 0 Å². The fourth-order valence-electron chi connectivity index (χ4n) is 0. The first-order chi connectivity index (χ1) is 2.00. The zero-order valence-electron chi connectivity index (χ0n) is 4.72. The van der Waals surface area contributed by atoms with Crippen LogP contribution in [0.2, 0.25) is 0 Å². The van der Waals surface area contributed by atoms with Gasteiger partial charge >= 0.3 is 28.7 Å². The van der Waals surface area contributed by atoms with Crippen molar-refractivity contribution in [2.45, 2.75) is 5.64 Å². The predicted molar refractivity (Wildman–Crippen MR) is 19.9 cm³/mol. The van der Waals surface area contributed by atoms with Crippen molar-refractivity contribution >= 4 is 34.7 Å². The van der Waals surface area contributed by atoms with Crippen LogP contribution < -0.4 is 0 Å². The number of hydrogen-bond acceptors (Lipinski definition) is 0. The molecule has 6 heavy (non-hydrogen) atoms. The van der Waals surface area contributed by atoms with Gasteiger partial charge in [-0.15, -0.1) is 0 Å². The molecule has 0 heterocycles. The molecule has 0 aromatic rings. The van der Waals surface area contributed by atoms with Crippen LogP contribution in [0.5, 0.6) is 0 Å². The van der Waals surface area contributed by atoms with Crippen molar-refractivity contribution < 1.29 is 16.0 Å². The molecule has 0 N–H and O–H groups in total. The summed E-state index contributed by atoms with van der Waals surface area (Å²) >= 11 is 3.53. The third-order valence-corrected chi connectivity index (χ3v) is 0. The summed E-state index contributed by atoms with van der Waals surface area (Å²) in [6.45, 7) is 0. The molecular weight excluding hydrogens is 129 g/mol. The monoisotopic (exact) mass is 130 g/mol. The van der Waals surface area contributed by atoms with E-state index in [2.05, 4.69) is 11.6 Å². The first kappa shape index (κ1) is 9.96. The SMILES string of the molecule is FC(F)(F)Cl.[H-].[H-].[Mg+2]. The number of halogens is 4. The summed E-state index contributed by atoms with van der Waals surface area (Å²) < 4.78 is 30.4. The van der Waals surface area contributed by atoms with Crippen molar-refractivity contribution in [3.8, 4) is 0 Å². The van der Waals surface area contributed by atoms with Gasteiger partial charge in [0, 0.05) is 0 Å². The Kier molecular flexibility index (Phi) is 4.86. The van der Waals surface area contributed by atoms with Crippen molar-refractivity contribution in [1.82, 2.24) is 0 Å². The fourth-order valence-corrected chi connectivity index (χ4v) is 0. The number of rotatable bonds is 0. The second-order valence-electron chi connectivity index (χ2n) is 0.429. The summed E-state index contributed by atoms with van der Waals surface area (Å²) in [6.07, 6.45) is 0. The second-order valence-corrected chi connectivity index (χ2v) is 0.857. The maximum Gasteiger partial charge on any atom is 2.00 e. The molecule has 0 aromatic carbocycles. The van der Waals surface area contributed by atoms with Crippen molar-refractivity contribution in [2.75, 3.05) is 0 Å². The van der Waals surface area contributed by atoms with E-state index in [0.717, 1.165) is 0 Å². The molecule has 0 nitrogen and oxygen atoms in total. The molecule has 36 valence electrons. The van der Waals surface area contributed by atoms with Gasteiger partial charge < -0.3 is 2.85 Å². The molecule has 0 spiro atoms. The van der Waals surface area contributed by atoms with E-state index in [4.69, 9.17) is 0 Å². The van der Waals surface area contributed by atoms with Crippen LogP contribution in [0.3, 0.4) is 0 Å². The zero-order chi connectivity index (χ0) is 4.50. The van der Waals surface area contributed by atoms with E-state index in [1.165, 1.54) is 0 Å². The van der Waals surface area contributed by atoms with Gasteiger partial charge in [-0.1, -0.05) is 0 Å². The van der Waals surface area contributed by atoms with Gasteiger partial charge in [0.15, 0.2) is 0 Å². The van der Waals surface area contributed by atoms with Gasteiger partial charge in [0.2, 0.25) is 0 Å². The Balaban J connectivity index is -0.0000000267. The molecule has 0 unspecified atom stereocenters. The van der Waals surface area contributed by atoms with E-state index in [1.807, 2.05) is 0 Å². The molecule has 0 aliphatic heterocycles. The number of alkyl halides is 4. The van der Waals surface area contributed by atoms with Crippen molar-refractivity contribution in [2.24, 2.45) is 0 Å². The molecule has 0 atom stereocenters. The topological polar surface area (TPSA) is 0 Å². The Morgan fingerprint density at radius 2 is 1.33 bits per heavy atom. The van der Waals surface area contributed by atoms with Gasteiger partial charge in [0.05, 0.1) is 0 Å². The Hall–Kier alpha value is 0.846. The standard InChI is InChI=1S/CClF3.Mg.2H/c2-1(3,4)5;;;/q;+2;2*-1. The average molecular weight is 131 g/mol. The average Bonchev–Trinajstić information content (AvgIpc) is 0.722. The third-order valence-electron chi connectivity index (χ3n) is 0. The minimum atomic E-state index is -4.53. The van der Waals surface area contributed by atoms with Gasteiger partial charge in [-0.3, -0.25) is 0 Å². The molecule has 5 heteroatoms. The van der Waals surface area contributed by atoms with Gasteiger partial charge in [-0.2, -0.15) is 13.2 Å². The van der Waals surface area contributed by atoms with E-state index in [1.54, 1.807) is 0 Å². The predicted octanol–water partition coefficient (Wildman–Crippen LogP) is 1.59. The smallest absolute Gasteiger partial charge is 1.00 e. The minimum Gasteiger partial charge on any atom is -1.00 e. The van der Waals surface area contributed by atoms with Crippen LogP contribution in [0.1, 0.15) is 2.85 Å². The van der Waals surface area contributed by atoms with Crippen LogP contribution in [0, 0.1) is 0 Å². The molecule has 0 radical (unpaired) electrons. The Morgan fingerprint density at radius 1 is 1.33 bits per heavy atom. The number of hydrogen-bond donors (Lipinski definition) is 0. The maximum absolute atomic E-state index is 10.1. The molecule has 0 amide bonds. The summed E-state index contributed by atoms with van der Waals surface area (Å²) in [5, 5.41) is 0. The van der Waals surface area contributed by atoms with Gasteiger partial charge in [-0.05, 0) is 11.6 Å². The summed E-state index contributed by atoms with van der Waals surface area (Å²) in [6, 6.07) is 0.